The normalized spacial score (nSPS) is 14.8. The third kappa shape index (κ3) is 42.6. The topological polar surface area (TPSA) is 169 Å². The Morgan fingerprint density at radius 2 is 0.935 bits per heavy atom. The molecule has 0 heterocycles. The lowest BCUT2D eigenvalue weighted by Crippen LogP contribution is -2.43. The summed E-state index contributed by atoms with van der Waals surface area (Å²) < 4.78 is 26.8. The van der Waals surface area contributed by atoms with E-state index in [4.69, 9.17) is 13.8 Å². The molecule has 3 unspecified atom stereocenters. The predicted molar refractivity (Wildman–Crippen MR) is 253 cm³/mol. The quantitative estimate of drug-likeness (QED) is 0.0201. The Labute approximate surface area is 373 Å². The van der Waals surface area contributed by atoms with Crippen LogP contribution in [0.25, 0.3) is 0 Å². The summed E-state index contributed by atoms with van der Waals surface area (Å²) in [5, 5.41) is 21.8. The van der Waals surface area contributed by atoms with Gasteiger partial charge in [-0.05, 0) is 103 Å². The molecule has 62 heavy (non-hydrogen) atoms. The Hall–Kier alpha value is -4.12. The molecular weight excluding hydrogens is 806 g/mol. The van der Waals surface area contributed by atoms with Gasteiger partial charge in [0.2, 0.25) is 5.91 Å². The van der Waals surface area contributed by atoms with E-state index < -0.39 is 57.6 Å². The highest BCUT2D eigenvalue weighted by Gasteiger charge is 2.28. The molecule has 11 nitrogen and oxygen atoms in total. The highest BCUT2D eigenvalue weighted by Crippen LogP contribution is 2.43. The van der Waals surface area contributed by atoms with Gasteiger partial charge in [0.25, 0.3) is 0 Å². The van der Waals surface area contributed by atoms with Crippen LogP contribution in [0.4, 0.5) is 0 Å². The molecule has 0 aliphatic carbocycles. The lowest BCUT2D eigenvalue weighted by molar-refractivity contribution is -0.147. The van der Waals surface area contributed by atoms with E-state index in [0.717, 1.165) is 77.0 Å². The number of hydrogen-bond acceptors (Lipinski definition) is 8. The van der Waals surface area contributed by atoms with Gasteiger partial charge in [0.1, 0.15) is 12.7 Å². The zero-order valence-electron chi connectivity index (χ0n) is 37.6. The Morgan fingerprint density at radius 1 is 0.532 bits per heavy atom. The molecule has 1 amide bonds. The maximum atomic E-state index is 12.3. The minimum Gasteiger partial charge on any atom is -0.480 e. The molecule has 0 radical (unpaired) electrons. The molecule has 4 N–H and O–H groups in total. The maximum Gasteiger partial charge on any atom is 0.472 e. The summed E-state index contributed by atoms with van der Waals surface area (Å²) in [6.45, 7) is 2.34. The zero-order valence-corrected chi connectivity index (χ0v) is 38.5. The van der Waals surface area contributed by atoms with Crippen molar-refractivity contribution >= 4 is 25.7 Å². The van der Waals surface area contributed by atoms with Gasteiger partial charge in [0.15, 0.2) is 6.04 Å². The first-order valence-electron chi connectivity index (χ1n) is 22.6. The highest BCUT2D eigenvalue weighted by molar-refractivity contribution is 7.47. The van der Waals surface area contributed by atoms with Gasteiger partial charge in [-0.1, -0.05) is 148 Å². The number of phosphoric ester groups is 1. The van der Waals surface area contributed by atoms with Crippen LogP contribution in [0.1, 0.15) is 142 Å². The Kier molecular flexibility index (Phi) is 40.6. The fraction of sp³-hybridized carbons (Fsp3) is 0.540. The van der Waals surface area contributed by atoms with Gasteiger partial charge >= 0.3 is 19.8 Å². The van der Waals surface area contributed by atoms with E-state index in [9.17, 15) is 34.1 Å². The molecule has 3 atom stereocenters. The van der Waals surface area contributed by atoms with Crippen molar-refractivity contribution in [2.45, 2.75) is 154 Å². The summed E-state index contributed by atoms with van der Waals surface area (Å²) in [5.74, 6) is -2.52. The van der Waals surface area contributed by atoms with Crippen molar-refractivity contribution in [1.82, 2.24) is 5.32 Å². The average Bonchev–Trinajstić information content (AvgIpc) is 3.25. The van der Waals surface area contributed by atoms with Crippen molar-refractivity contribution in [1.29, 1.82) is 0 Å². The second kappa shape index (κ2) is 43.5. The summed E-state index contributed by atoms with van der Waals surface area (Å²) >= 11 is 0. The van der Waals surface area contributed by atoms with Gasteiger partial charge in [-0.15, -0.1) is 0 Å². The fourth-order valence-corrected chi connectivity index (χ4v) is 6.02. The lowest BCUT2D eigenvalue weighted by atomic mass is 10.2. The highest BCUT2D eigenvalue weighted by atomic mass is 31.2. The smallest absolute Gasteiger partial charge is 0.472 e. The number of esters is 1. The second-order valence-corrected chi connectivity index (χ2v) is 16.0. The molecule has 0 aromatic rings. The number of carbonyl (C=O) groups is 3. The number of carboxylic acid groups (broad SMARTS) is 1. The van der Waals surface area contributed by atoms with E-state index in [0.29, 0.717) is 19.3 Å². The molecule has 0 bridgehead atoms. The first-order valence-corrected chi connectivity index (χ1v) is 24.1. The number of amides is 1. The van der Waals surface area contributed by atoms with Gasteiger partial charge in [0.05, 0.1) is 13.2 Å². The van der Waals surface area contributed by atoms with E-state index in [1.807, 2.05) is 12.2 Å². The molecule has 0 aromatic heterocycles. The third-order valence-electron chi connectivity index (χ3n) is 8.73. The van der Waals surface area contributed by atoms with Gasteiger partial charge in [0, 0.05) is 12.8 Å². The standard InChI is InChI=1S/C50H78NO10P/c1-3-5-7-9-11-13-15-17-19-21-22-23-24-26-28-30-32-34-36-38-40-42-49(54)59-43-46(52)44-60-62(57,58)61-45-47(50(55)56)51-48(53)41-39-37-35-33-31-29-27-25-20-18-16-14-12-10-8-6-4-2/h5,7,11-14,17-20,22-23,26-29,32-35,46-47,52H,3-4,6,8-10,15-16,21,24-25,30-31,36-45H2,1-2H3,(H,51,53)(H,55,56)(H,57,58)/b7-5-,13-11-,14-12-,19-17-,20-18-,23-22-,28-26-,29-27-,34-32-,35-33-. The minimum absolute atomic E-state index is 0.0590. The number of aliphatic carboxylic acids is 1. The molecule has 0 aromatic carbocycles. The van der Waals surface area contributed by atoms with Crippen LogP contribution in [0.3, 0.4) is 0 Å². The van der Waals surface area contributed by atoms with Crippen LogP contribution in [0.5, 0.6) is 0 Å². The molecule has 0 aliphatic heterocycles. The molecule has 0 aliphatic rings. The number of nitrogens with one attached hydrogen (secondary N) is 1. The Bertz CT molecular complexity index is 1500. The van der Waals surface area contributed by atoms with Gasteiger partial charge in [-0.3, -0.25) is 18.6 Å². The van der Waals surface area contributed by atoms with Crippen molar-refractivity contribution in [2.24, 2.45) is 0 Å². The minimum atomic E-state index is -4.79. The van der Waals surface area contributed by atoms with Gasteiger partial charge < -0.3 is 25.2 Å². The van der Waals surface area contributed by atoms with Crippen molar-refractivity contribution in [3.05, 3.63) is 122 Å². The summed E-state index contributed by atoms with van der Waals surface area (Å²) in [6.07, 6.45) is 58.0. The van der Waals surface area contributed by atoms with Crippen molar-refractivity contribution in [3.8, 4) is 0 Å². The van der Waals surface area contributed by atoms with E-state index in [1.54, 1.807) is 0 Å². The van der Waals surface area contributed by atoms with Gasteiger partial charge in [-0.2, -0.15) is 0 Å². The monoisotopic (exact) mass is 884 g/mol. The number of allylic oxidation sites excluding steroid dienone is 20. The number of aliphatic hydroxyl groups is 1. The number of rotatable bonds is 40. The number of hydrogen-bond donors (Lipinski definition) is 4. The number of aliphatic hydroxyl groups excluding tert-OH is 1. The summed E-state index contributed by atoms with van der Waals surface area (Å²) in [6, 6.07) is -1.59. The molecular formula is C50H78NO10P. The number of carbonyl (C=O) groups excluding carboxylic acids is 2. The number of unbranched alkanes of at least 4 members (excludes halogenated alkanes) is 6. The van der Waals surface area contributed by atoms with Gasteiger partial charge in [-0.25, -0.2) is 9.36 Å². The van der Waals surface area contributed by atoms with E-state index in [2.05, 4.69) is 129 Å². The number of carboxylic acids is 1. The van der Waals surface area contributed by atoms with E-state index >= 15 is 0 Å². The first-order chi connectivity index (χ1) is 30.1. The number of phosphoric acid groups is 1. The Morgan fingerprint density at radius 3 is 1.37 bits per heavy atom. The molecule has 0 saturated carbocycles. The number of ether oxygens (including phenoxy) is 1. The van der Waals surface area contributed by atoms with Crippen LogP contribution in [0.2, 0.25) is 0 Å². The second-order valence-electron chi connectivity index (χ2n) is 14.5. The largest absolute Gasteiger partial charge is 0.480 e. The van der Waals surface area contributed by atoms with Crippen LogP contribution in [-0.2, 0) is 32.7 Å². The third-order valence-corrected chi connectivity index (χ3v) is 9.69. The molecule has 12 heteroatoms. The van der Waals surface area contributed by atoms with Crippen LogP contribution < -0.4 is 5.32 Å². The predicted octanol–water partition coefficient (Wildman–Crippen LogP) is 12.0. The summed E-state index contributed by atoms with van der Waals surface area (Å²) in [7, 11) is -4.79. The molecule has 348 valence electrons. The van der Waals surface area contributed by atoms with Crippen molar-refractivity contribution < 1.29 is 47.8 Å². The molecule has 0 spiro atoms. The lowest BCUT2D eigenvalue weighted by Gasteiger charge is -2.18. The SMILES string of the molecule is CC/C=C\C/C=C\C/C=C\C/C=C\C/C=C\C/C=C\CCCCC(=O)OCC(O)COP(=O)(O)OCC(NC(=O)CCC/C=C\C/C=C\C/C=C\C/C=C\CCCCC)C(=O)O. The van der Waals surface area contributed by atoms with Crippen molar-refractivity contribution in [3.63, 3.8) is 0 Å². The molecule has 0 rings (SSSR count). The van der Waals surface area contributed by atoms with E-state index in [1.165, 1.54) is 19.3 Å². The average molecular weight is 884 g/mol. The zero-order chi connectivity index (χ0) is 45.6. The Balaban J connectivity index is 4.06. The van der Waals surface area contributed by atoms with Crippen LogP contribution in [-0.4, -0.2) is 64.9 Å². The molecule has 0 fully saturated rings. The van der Waals surface area contributed by atoms with Crippen LogP contribution in [0.15, 0.2) is 122 Å². The summed E-state index contributed by atoms with van der Waals surface area (Å²) in [5.41, 5.74) is 0. The van der Waals surface area contributed by atoms with Crippen LogP contribution in [0, 0.1) is 0 Å². The maximum absolute atomic E-state index is 12.3. The van der Waals surface area contributed by atoms with E-state index in [-0.39, 0.29) is 12.8 Å². The fourth-order valence-electron chi connectivity index (χ4n) is 5.25. The van der Waals surface area contributed by atoms with Crippen molar-refractivity contribution in [2.75, 3.05) is 19.8 Å². The first kappa shape index (κ1) is 57.9. The summed E-state index contributed by atoms with van der Waals surface area (Å²) in [4.78, 5) is 45.9. The van der Waals surface area contributed by atoms with Crippen LogP contribution >= 0.6 is 7.82 Å². The molecule has 0 saturated heterocycles.